The Morgan fingerprint density at radius 3 is 2.67 bits per heavy atom. The van der Waals surface area contributed by atoms with E-state index in [0.29, 0.717) is 5.00 Å². The maximum atomic E-state index is 10.1. The van der Waals surface area contributed by atoms with Gasteiger partial charge >= 0.3 is 0 Å². The molecule has 1 heterocycles. The minimum atomic E-state index is -1.21. The number of anilines is 1. The molecule has 1 rings (SSSR count). The van der Waals surface area contributed by atoms with E-state index in [-0.39, 0.29) is 5.56 Å². The second-order valence-electron chi connectivity index (χ2n) is 1.49. The molecule has 4 heteroatoms. The Bertz CT molecular complexity index is 231. The van der Waals surface area contributed by atoms with Gasteiger partial charge in [0.15, 0.2) is 0 Å². The van der Waals surface area contributed by atoms with Crippen molar-refractivity contribution in [3.05, 3.63) is 17.0 Å². The van der Waals surface area contributed by atoms with Gasteiger partial charge in [-0.15, -0.1) is 11.3 Å². The van der Waals surface area contributed by atoms with E-state index in [0.717, 1.165) is 0 Å². The first-order valence-corrected chi connectivity index (χ1v) is 3.14. The molecule has 0 spiro atoms. The van der Waals surface area contributed by atoms with E-state index >= 15 is 0 Å². The Labute approximate surface area is 55.7 Å². The predicted molar refractivity (Wildman–Crippen MR) is 33.1 cm³/mol. The van der Waals surface area contributed by atoms with Crippen molar-refractivity contribution in [2.75, 3.05) is 5.73 Å². The Balaban J connectivity index is 3.08. The summed E-state index contributed by atoms with van der Waals surface area (Å²) in [4.78, 5) is 10.1. The summed E-state index contributed by atoms with van der Waals surface area (Å²) in [6, 6.07) is 1.43. The average molecular weight is 142 g/mol. The predicted octanol–water partition coefficient (Wildman–Crippen LogP) is -0.306. The fourth-order valence-corrected chi connectivity index (χ4v) is 1.12. The molecule has 9 heavy (non-hydrogen) atoms. The van der Waals surface area contributed by atoms with Gasteiger partial charge in [-0.1, -0.05) is 0 Å². The summed E-state index contributed by atoms with van der Waals surface area (Å²) >= 11 is 1.19. The summed E-state index contributed by atoms with van der Waals surface area (Å²) in [7, 11) is 0. The quantitative estimate of drug-likeness (QED) is 0.585. The van der Waals surface area contributed by atoms with Crippen LogP contribution in [0.15, 0.2) is 11.4 Å². The molecule has 0 saturated heterocycles. The third-order valence-electron chi connectivity index (χ3n) is 0.915. The minimum Gasteiger partial charge on any atom is -0.545 e. The molecule has 1 aromatic heterocycles. The maximum Gasteiger partial charge on any atom is 0.0948 e. The van der Waals surface area contributed by atoms with Gasteiger partial charge < -0.3 is 15.6 Å². The number of aromatic carboxylic acids is 1. The molecule has 0 aliphatic rings. The number of carbonyl (C=O) groups is 1. The summed E-state index contributed by atoms with van der Waals surface area (Å²) < 4.78 is 0. The van der Waals surface area contributed by atoms with Crippen LogP contribution in [0.2, 0.25) is 0 Å². The molecule has 0 aromatic carbocycles. The molecule has 0 aliphatic carbocycles. The lowest BCUT2D eigenvalue weighted by Gasteiger charge is -1.96. The monoisotopic (exact) mass is 142 g/mol. The summed E-state index contributed by atoms with van der Waals surface area (Å²) in [6.45, 7) is 0. The van der Waals surface area contributed by atoms with Crippen LogP contribution < -0.4 is 10.8 Å². The van der Waals surface area contributed by atoms with Gasteiger partial charge in [-0.25, -0.2) is 0 Å². The Morgan fingerprint density at radius 1 is 1.78 bits per heavy atom. The number of nitrogen functional groups attached to an aromatic ring is 1. The van der Waals surface area contributed by atoms with Gasteiger partial charge in [0.2, 0.25) is 0 Å². The molecule has 0 fully saturated rings. The van der Waals surface area contributed by atoms with Crippen molar-refractivity contribution in [2.24, 2.45) is 0 Å². The van der Waals surface area contributed by atoms with E-state index in [1.54, 1.807) is 5.38 Å². The smallest absolute Gasteiger partial charge is 0.0948 e. The van der Waals surface area contributed by atoms with Gasteiger partial charge in [0.1, 0.15) is 0 Å². The standard InChI is InChI=1S/C5H5NO2S/c6-4-3(5(7)8)1-2-9-4/h1-2H,6H2,(H,7,8)/p-1. The zero-order valence-electron chi connectivity index (χ0n) is 4.46. The van der Waals surface area contributed by atoms with Crippen LogP contribution in [0.25, 0.3) is 0 Å². The van der Waals surface area contributed by atoms with Gasteiger partial charge in [0.05, 0.1) is 11.0 Å². The molecular formula is C5H4NO2S-. The summed E-state index contributed by atoms with van der Waals surface area (Å²) in [5, 5.41) is 12.0. The first-order valence-electron chi connectivity index (χ1n) is 2.26. The van der Waals surface area contributed by atoms with Gasteiger partial charge in [-0.3, -0.25) is 0 Å². The number of carboxylic acids is 1. The van der Waals surface area contributed by atoms with Crippen molar-refractivity contribution < 1.29 is 9.90 Å². The van der Waals surface area contributed by atoms with Crippen LogP contribution in [-0.2, 0) is 0 Å². The van der Waals surface area contributed by atoms with E-state index in [4.69, 9.17) is 5.73 Å². The lowest BCUT2D eigenvalue weighted by molar-refractivity contribution is -0.254. The number of hydrogen-bond donors (Lipinski definition) is 1. The number of carbonyl (C=O) groups excluding carboxylic acids is 1. The molecular weight excluding hydrogens is 138 g/mol. The number of rotatable bonds is 1. The van der Waals surface area contributed by atoms with Crippen molar-refractivity contribution in [3.63, 3.8) is 0 Å². The van der Waals surface area contributed by atoms with Crippen molar-refractivity contribution >= 4 is 22.3 Å². The zero-order valence-corrected chi connectivity index (χ0v) is 5.27. The molecule has 3 nitrogen and oxygen atoms in total. The molecule has 0 amide bonds. The van der Waals surface area contributed by atoms with E-state index in [1.165, 1.54) is 17.4 Å². The molecule has 0 bridgehead atoms. The molecule has 0 unspecified atom stereocenters. The fourth-order valence-electron chi connectivity index (χ4n) is 0.490. The topological polar surface area (TPSA) is 66.2 Å². The van der Waals surface area contributed by atoms with Crippen LogP contribution in [0.5, 0.6) is 0 Å². The second kappa shape index (κ2) is 2.06. The van der Waals surface area contributed by atoms with Crippen molar-refractivity contribution in [1.29, 1.82) is 0 Å². The maximum absolute atomic E-state index is 10.1. The van der Waals surface area contributed by atoms with Crippen molar-refractivity contribution in [3.8, 4) is 0 Å². The van der Waals surface area contributed by atoms with E-state index in [9.17, 15) is 9.90 Å². The van der Waals surface area contributed by atoms with Crippen LogP contribution in [0.3, 0.4) is 0 Å². The summed E-state index contributed by atoms with van der Waals surface area (Å²) in [5.74, 6) is -1.21. The molecule has 2 N–H and O–H groups in total. The van der Waals surface area contributed by atoms with Gasteiger partial charge in [-0.2, -0.15) is 0 Å². The lowest BCUT2D eigenvalue weighted by atomic mass is 10.3. The molecule has 48 valence electrons. The van der Waals surface area contributed by atoms with Gasteiger partial charge in [0.25, 0.3) is 0 Å². The first-order chi connectivity index (χ1) is 4.22. The third kappa shape index (κ3) is 1.02. The largest absolute Gasteiger partial charge is 0.545 e. The van der Waals surface area contributed by atoms with E-state index in [1.807, 2.05) is 0 Å². The summed E-state index contributed by atoms with van der Waals surface area (Å²) in [6.07, 6.45) is 0. The number of thiophene rings is 1. The average Bonchev–Trinajstić information content (AvgIpc) is 2.13. The molecule has 0 saturated carbocycles. The molecule has 0 radical (unpaired) electrons. The highest BCUT2D eigenvalue weighted by Crippen LogP contribution is 2.17. The fraction of sp³-hybridized carbons (Fsp3) is 0. The summed E-state index contributed by atoms with van der Waals surface area (Å²) in [5.41, 5.74) is 5.32. The molecule has 1 aromatic rings. The SMILES string of the molecule is Nc1sccc1C(=O)[O-]. The minimum absolute atomic E-state index is 0.0833. The highest BCUT2D eigenvalue weighted by atomic mass is 32.1. The van der Waals surface area contributed by atoms with Crippen LogP contribution in [0.1, 0.15) is 10.4 Å². The Morgan fingerprint density at radius 2 is 2.44 bits per heavy atom. The first kappa shape index (κ1) is 6.10. The van der Waals surface area contributed by atoms with E-state index < -0.39 is 5.97 Å². The lowest BCUT2D eigenvalue weighted by Crippen LogP contribution is -2.22. The van der Waals surface area contributed by atoms with E-state index in [2.05, 4.69) is 0 Å². The Kier molecular flexibility index (Phi) is 1.40. The second-order valence-corrected chi connectivity index (χ2v) is 2.43. The highest BCUT2D eigenvalue weighted by Gasteiger charge is 1.98. The Hall–Kier alpha value is -1.03. The third-order valence-corrected chi connectivity index (χ3v) is 1.66. The number of nitrogens with two attached hydrogens (primary N) is 1. The van der Waals surface area contributed by atoms with Crippen LogP contribution in [-0.4, -0.2) is 5.97 Å². The van der Waals surface area contributed by atoms with Crippen LogP contribution in [0, 0.1) is 0 Å². The number of hydrogen-bond acceptors (Lipinski definition) is 4. The van der Waals surface area contributed by atoms with Crippen molar-refractivity contribution in [2.45, 2.75) is 0 Å². The van der Waals surface area contributed by atoms with Gasteiger partial charge in [-0.05, 0) is 11.4 Å². The number of carboxylic acid groups (broad SMARTS) is 1. The van der Waals surface area contributed by atoms with Gasteiger partial charge in [0, 0.05) is 5.56 Å². The van der Waals surface area contributed by atoms with Crippen LogP contribution >= 0.6 is 11.3 Å². The molecule has 0 aliphatic heterocycles. The van der Waals surface area contributed by atoms with Crippen molar-refractivity contribution in [1.82, 2.24) is 0 Å². The molecule has 0 atom stereocenters. The zero-order chi connectivity index (χ0) is 6.85. The normalized spacial score (nSPS) is 9.33. The van der Waals surface area contributed by atoms with Crippen LogP contribution in [0.4, 0.5) is 5.00 Å². The highest BCUT2D eigenvalue weighted by molar-refractivity contribution is 7.14.